The number of nitrogens with zero attached hydrogens (tertiary/aromatic N) is 2. The van der Waals surface area contributed by atoms with Gasteiger partial charge in [-0.3, -0.25) is 9.59 Å². The molecule has 0 radical (unpaired) electrons. The molecule has 0 bridgehead atoms. The Bertz CT molecular complexity index is 444. The second kappa shape index (κ2) is 4.83. The van der Waals surface area contributed by atoms with Crippen molar-refractivity contribution >= 4 is 23.2 Å². The van der Waals surface area contributed by atoms with E-state index in [4.69, 9.17) is 5.11 Å². The number of carboxylic acids is 1. The number of rotatable bonds is 3. The monoisotopic (exact) mass is 254 g/mol. The molecule has 0 saturated carbocycles. The van der Waals surface area contributed by atoms with Crippen LogP contribution in [0.1, 0.15) is 17.1 Å². The highest BCUT2D eigenvalue weighted by atomic mass is 32.1. The predicted octanol–water partition coefficient (Wildman–Crippen LogP) is 0.927. The molecule has 0 aromatic carbocycles. The van der Waals surface area contributed by atoms with Crippen molar-refractivity contribution < 1.29 is 14.7 Å². The zero-order chi connectivity index (χ0) is 12.4. The summed E-state index contributed by atoms with van der Waals surface area (Å²) in [5.41, 5.74) is 0.774. The van der Waals surface area contributed by atoms with Gasteiger partial charge >= 0.3 is 5.97 Å². The normalized spacial score (nSPS) is 19.6. The van der Waals surface area contributed by atoms with Crippen molar-refractivity contribution in [3.8, 4) is 0 Å². The van der Waals surface area contributed by atoms with Gasteiger partial charge in [-0.15, -0.1) is 11.3 Å². The number of carbonyl (C=O) groups is 2. The second-order valence-corrected chi connectivity index (χ2v) is 5.26. The summed E-state index contributed by atoms with van der Waals surface area (Å²) in [7, 11) is 0. The number of amides is 1. The van der Waals surface area contributed by atoms with Crippen LogP contribution >= 0.6 is 11.3 Å². The van der Waals surface area contributed by atoms with Crippen molar-refractivity contribution in [2.24, 2.45) is 5.92 Å². The molecule has 0 spiro atoms. The third-order valence-corrected chi connectivity index (χ3v) is 3.71. The van der Waals surface area contributed by atoms with Crippen molar-refractivity contribution in [3.63, 3.8) is 0 Å². The van der Waals surface area contributed by atoms with Crippen molar-refractivity contribution in [2.45, 2.75) is 19.8 Å². The molecule has 1 aliphatic rings. The molecule has 1 aromatic heterocycles. The molecule has 6 heteroatoms. The van der Waals surface area contributed by atoms with Crippen LogP contribution in [0.5, 0.6) is 0 Å². The van der Waals surface area contributed by atoms with Gasteiger partial charge in [0.2, 0.25) is 5.91 Å². The van der Waals surface area contributed by atoms with E-state index in [0.29, 0.717) is 19.5 Å². The number of likely N-dealkylation sites (tertiary alicyclic amines) is 1. The largest absolute Gasteiger partial charge is 0.481 e. The first-order chi connectivity index (χ1) is 8.06. The SMILES string of the molecule is Cc1nc(CC(=O)N2CC[C@H](C(=O)O)C2)cs1. The highest BCUT2D eigenvalue weighted by Gasteiger charge is 2.30. The molecule has 2 rings (SSSR count). The van der Waals surface area contributed by atoms with Crippen LogP contribution < -0.4 is 0 Å². The number of thiazole rings is 1. The fourth-order valence-corrected chi connectivity index (χ4v) is 2.56. The second-order valence-electron chi connectivity index (χ2n) is 4.20. The Morgan fingerprint density at radius 3 is 2.94 bits per heavy atom. The van der Waals surface area contributed by atoms with E-state index in [9.17, 15) is 9.59 Å². The molecule has 0 unspecified atom stereocenters. The molecule has 1 aliphatic heterocycles. The van der Waals surface area contributed by atoms with Crippen LogP contribution in [0.2, 0.25) is 0 Å². The Hall–Kier alpha value is -1.43. The lowest BCUT2D eigenvalue weighted by Gasteiger charge is -2.14. The first-order valence-corrected chi connectivity index (χ1v) is 6.36. The minimum absolute atomic E-state index is 0.0287. The van der Waals surface area contributed by atoms with Crippen LogP contribution in [0.4, 0.5) is 0 Å². The Morgan fingerprint density at radius 2 is 2.41 bits per heavy atom. The Balaban J connectivity index is 1.91. The molecule has 92 valence electrons. The summed E-state index contributed by atoms with van der Waals surface area (Å²) >= 11 is 1.52. The summed E-state index contributed by atoms with van der Waals surface area (Å²) in [5, 5.41) is 11.7. The number of aryl methyl sites for hydroxylation is 1. The van der Waals surface area contributed by atoms with Gasteiger partial charge in [-0.2, -0.15) is 0 Å². The number of hydrogen-bond acceptors (Lipinski definition) is 4. The first kappa shape index (κ1) is 12.0. The van der Waals surface area contributed by atoms with Gasteiger partial charge in [0, 0.05) is 18.5 Å². The summed E-state index contributed by atoms with van der Waals surface area (Å²) < 4.78 is 0. The fourth-order valence-electron chi connectivity index (χ4n) is 1.94. The summed E-state index contributed by atoms with van der Waals surface area (Å²) in [6, 6.07) is 0. The molecular weight excluding hydrogens is 240 g/mol. The molecule has 1 aromatic rings. The van der Waals surface area contributed by atoms with Gasteiger partial charge in [-0.25, -0.2) is 4.98 Å². The molecule has 2 heterocycles. The number of hydrogen-bond donors (Lipinski definition) is 1. The van der Waals surface area contributed by atoms with E-state index in [0.717, 1.165) is 10.7 Å². The van der Waals surface area contributed by atoms with E-state index < -0.39 is 11.9 Å². The molecule has 5 nitrogen and oxygen atoms in total. The van der Waals surface area contributed by atoms with Gasteiger partial charge in [-0.05, 0) is 13.3 Å². The van der Waals surface area contributed by atoms with Crippen LogP contribution in [0.15, 0.2) is 5.38 Å². The lowest BCUT2D eigenvalue weighted by atomic mass is 10.1. The third kappa shape index (κ3) is 2.82. The van der Waals surface area contributed by atoms with E-state index in [1.54, 1.807) is 4.90 Å². The predicted molar refractivity (Wildman–Crippen MR) is 62.9 cm³/mol. The smallest absolute Gasteiger partial charge is 0.308 e. The van der Waals surface area contributed by atoms with Crippen LogP contribution in [0.3, 0.4) is 0 Å². The number of aliphatic carboxylic acids is 1. The highest BCUT2D eigenvalue weighted by Crippen LogP contribution is 2.18. The zero-order valence-corrected chi connectivity index (χ0v) is 10.4. The maximum atomic E-state index is 11.9. The van der Waals surface area contributed by atoms with Gasteiger partial charge in [0.25, 0.3) is 0 Å². The molecule has 1 N–H and O–H groups in total. The zero-order valence-electron chi connectivity index (χ0n) is 9.55. The van der Waals surface area contributed by atoms with Gasteiger partial charge in [-0.1, -0.05) is 0 Å². The average Bonchev–Trinajstić information content (AvgIpc) is 2.86. The van der Waals surface area contributed by atoms with E-state index in [1.165, 1.54) is 11.3 Å². The summed E-state index contributed by atoms with van der Waals surface area (Å²) in [6.45, 7) is 2.77. The van der Waals surface area contributed by atoms with E-state index in [-0.39, 0.29) is 12.3 Å². The Kier molecular flexibility index (Phi) is 3.42. The van der Waals surface area contributed by atoms with Crippen LogP contribution in [0.25, 0.3) is 0 Å². The molecule has 1 atom stereocenters. The van der Waals surface area contributed by atoms with E-state index >= 15 is 0 Å². The first-order valence-electron chi connectivity index (χ1n) is 5.48. The van der Waals surface area contributed by atoms with Crippen LogP contribution in [-0.2, 0) is 16.0 Å². The number of carboxylic acid groups (broad SMARTS) is 1. The van der Waals surface area contributed by atoms with Gasteiger partial charge in [0.15, 0.2) is 0 Å². The van der Waals surface area contributed by atoms with Crippen molar-refractivity contribution in [1.29, 1.82) is 0 Å². The fraction of sp³-hybridized carbons (Fsp3) is 0.545. The molecule has 1 fully saturated rings. The van der Waals surface area contributed by atoms with Crippen molar-refractivity contribution in [1.82, 2.24) is 9.88 Å². The quantitative estimate of drug-likeness (QED) is 0.871. The van der Waals surface area contributed by atoms with Crippen molar-refractivity contribution in [2.75, 3.05) is 13.1 Å². The maximum absolute atomic E-state index is 11.9. The molecule has 0 aliphatic carbocycles. The van der Waals surface area contributed by atoms with Gasteiger partial charge in [0.1, 0.15) is 0 Å². The molecule has 17 heavy (non-hydrogen) atoms. The molecule has 1 amide bonds. The third-order valence-electron chi connectivity index (χ3n) is 2.89. The minimum atomic E-state index is -0.815. The molecule has 1 saturated heterocycles. The average molecular weight is 254 g/mol. The van der Waals surface area contributed by atoms with Crippen molar-refractivity contribution in [3.05, 3.63) is 16.1 Å². The number of carbonyl (C=O) groups excluding carboxylic acids is 1. The number of aromatic nitrogens is 1. The van der Waals surface area contributed by atoms with Crippen LogP contribution in [0, 0.1) is 12.8 Å². The maximum Gasteiger partial charge on any atom is 0.308 e. The summed E-state index contributed by atoms with van der Waals surface area (Å²) in [5.74, 6) is -1.25. The molecular formula is C11H14N2O3S. The van der Waals surface area contributed by atoms with Gasteiger partial charge in [0.05, 0.1) is 23.0 Å². The van der Waals surface area contributed by atoms with Crippen LogP contribution in [-0.4, -0.2) is 40.0 Å². The Morgan fingerprint density at radius 1 is 1.65 bits per heavy atom. The van der Waals surface area contributed by atoms with E-state index in [2.05, 4.69) is 4.98 Å². The Labute approximate surface area is 103 Å². The standard InChI is InChI=1S/C11H14N2O3S/c1-7-12-9(6-17-7)4-10(14)13-3-2-8(5-13)11(15)16/h6,8H,2-5H2,1H3,(H,15,16)/t8-/m0/s1. The van der Waals surface area contributed by atoms with E-state index in [1.807, 2.05) is 12.3 Å². The highest BCUT2D eigenvalue weighted by molar-refractivity contribution is 7.09. The van der Waals surface area contributed by atoms with Gasteiger partial charge < -0.3 is 10.0 Å². The summed E-state index contributed by atoms with van der Waals surface area (Å²) in [4.78, 5) is 28.5. The lowest BCUT2D eigenvalue weighted by molar-refractivity contribution is -0.141. The summed E-state index contributed by atoms with van der Waals surface area (Å²) in [6.07, 6.45) is 0.827. The lowest BCUT2D eigenvalue weighted by Crippen LogP contribution is -2.31. The topological polar surface area (TPSA) is 70.5 Å². The minimum Gasteiger partial charge on any atom is -0.481 e.